The molecule has 3 aromatic carbocycles. The van der Waals surface area contributed by atoms with Crippen molar-refractivity contribution < 1.29 is 9.59 Å². The molecule has 5 rings (SSSR count). The number of nitrogens with zero attached hydrogens (tertiary/aromatic N) is 2. The van der Waals surface area contributed by atoms with Crippen molar-refractivity contribution in [2.45, 2.75) is 25.7 Å². The lowest BCUT2D eigenvalue weighted by Gasteiger charge is -2.29. The summed E-state index contributed by atoms with van der Waals surface area (Å²) in [6.45, 7) is 2.14. The van der Waals surface area contributed by atoms with Crippen LogP contribution in [0.15, 0.2) is 72.3 Å². The van der Waals surface area contributed by atoms with Gasteiger partial charge in [0.2, 0.25) is 0 Å². The number of anilines is 2. The highest BCUT2D eigenvalue weighted by Gasteiger charge is 2.35. The maximum absolute atomic E-state index is 13.4. The minimum Gasteiger partial charge on any atom is -0.372 e. The Morgan fingerprint density at radius 3 is 2.27 bits per heavy atom. The molecule has 2 aliphatic rings. The number of hydrogen-bond acceptors (Lipinski definition) is 4. The molecular weight excluding hydrogens is 430 g/mol. The average Bonchev–Trinajstić information content (AvgIpc) is 3.12. The average molecular weight is 456 g/mol. The lowest BCUT2D eigenvalue weighted by atomic mass is 10.0. The number of carbonyl (C=O) groups is 2. The molecule has 3 aromatic rings. The molecule has 2 fully saturated rings. The Balaban J connectivity index is 1.46. The molecule has 0 atom stereocenters. The van der Waals surface area contributed by atoms with Gasteiger partial charge >= 0.3 is 0 Å². The number of thiocarbonyl (C=S) groups is 1. The number of nitrogens with one attached hydrogen (secondary N) is 1. The van der Waals surface area contributed by atoms with Gasteiger partial charge < -0.3 is 4.90 Å². The second kappa shape index (κ2) is 9.16. The van der Waals surface area contributed by atoms with Gasteiger partial charge in [0.15, 0.2) is 5.11 Å². The predicted molar refractivity (Wildman–Crippen MR) is 137 cm³/mol. The highest BCUT2D eigenvalue weighted by molar-refractivity contribution is 7.80. The molecule has 0 bridgehead atoms. The third-order valence-electron chi connectivity index (χ3n) is 6.28. The van der Waals surface area contributed by atoms with Gasteiger partial charge in [-0.15, -0.1) is 0 Å². The van der Waals surface area contributed by atoms with Crippen LogP contribution in [0.4, 0.5) is 11.4 Å². The maximum Gasteiger partial charge on any atom is 0.270 e. The summed E-state index contributed by atoms with van der Waals surface area (Å²) in [5, 5.41) is 4.67. The molecule has 0 aliphatic carbocycles. The van der Waals surface area contributed by atoms with Gasteiger partial charge in [0.25, 0.3) is 11.8 Å². The summed E-state index contributed by atoms with van der Waals surface area (Å²) in [5.74, 6) is -0.894. The first-order valence-electron chi connectivity index (χ1n) is 11.4. The molecule has 2 saturated heterocycles. The molecule has 166 valence electrons. The van der Waals surface area contributed by atoms with E-state index in [0.29, 0.717) is 5.69 Å². The van der Waals surface area contributed by atoms with Crippen LogP contribution in [0.5, 0.6) is 0 Å². The van der Waals surface area contributed by atoms with Crippen LogP contribution in [-0.2, 0) is 9.59 Å². The molecule has 0 unspecified atom stereocenters. The van der Waals surface area contributed by atoms with E-state index in [2.05, 4.69) is 22.3 Å². The molecule has 2 aliphatic heterocycles. The second-order valence-corrected chi connectivity index (χ2v) is 8.84. The number of fused-ring (bicyclic) bond motifs is 1. The van der Waals surface area contributed by atoms with E-state index in [9.17, 15) is 9.59 Å². The first-order valence-corrected chi connectivity index (χ1v) is 11.8. The van der Waals surface area contributed by atoms with Crippen LogP contribution in [-0.4, -0.2) is 30.0 Å². The Hall–Kier alpha value is -3.51. The minimum absolute atomic E-state index is 0.0686. The molecule has 2 amide bonds. The van der Waals surface area contributed by atoms with E-state index in [-0.39, 0.29) is 10.7 Å². The normalized spacial score (nSPS) is 18.5. The predicted octanol–water partition coefficient (Wildman–Crippen LogP) is 5.05. The van der Waals surface area contributed by atoms with Crippen molar-refractivity contribution in [1.29, 1.82) is 0 Å². The van der Waals surface area contributed by atoms with Crippen molar-refractivity contribution in [3.05, 3.63) is 77.9 Å². The quantitative estimate of drug-likeness (QED) is 0.341. The summed E-state index contributed by atoms with van der Waals surface area (Å²) in [5.41, 5.74) is 2.71. The van der Waals surface area contributed by atoms with Gasteiger partial charge in [-0.1, -0.05) is 61.4 Å². The van der Waals surface area contributed by atoms with E-state index in [1.165, 1.54) is 36.3 Å². The SMILES string of the molecule is O=C1NC(=S)N(c2cccc3ccccc23)C(=O)/C1=C\c1ccc(N2CCCCCC2)cc1. The Labute approximate surface area is 198 Å². The van der Waals surface area contributed by atoms with E-state index in [0.717, 1.165) is 29.4 Å². The first kappa shape index (κ1) is 21.3. The van der Waals surface area contributed by atoms with Crippen molar-refractivity contribution >= 4 is 57.4 Å². The first-order chi connectivity index (χ1) is 16.1. The Kier molecular flexibility index (Phi) is 5.92. The van der Waals surface area contributed by atoms with Crippen LogP contribution in [0.2, 0.25) is 0 Å². The van der Waals surface area contributed by atoms with Crippen molar-refractivity contribution in [2.75, 3.05) is 22.9 Å². The standard InChI is InChI=1S/C27H25N3O2S/c31-25-23(18-19-12-14-21(15-13-19)29-16-5-1-2-6-17-29)26(32)30(27(33)28-25)24-11-7-9-20-8-3-4-10-22(20)24/h3-4,7-15,18H,1-2,5-6,16-17H2,(H,28,31,33)/b23-18-. The molecule has 1 N–H and O–H groups in total. The van der Waals surface area contributed by atoms with E-state index >= 15 is 0 Å². The van der Waals surface area contributed by atoms with Crippen molar-refractivity contribution in [1.82, 2.24) is 5.32 Å². The molecule has 0 spiro atoms. The number of carbonyl (C=O) groups excluding carboxylic acids is 2. The van der Waals surface area contributed by atoms with Crippen LogP contribution in [0, 0.1) is 0 Å². The third-order valence-corrected chi connectivity index (χ3v) is 6.57. The third kappa shape index (κ3) is 4.26. The van der Waals surface area contributed by atoms with Crippen LogP contribution >= 0.6 is 12.2 Å². The zero-order valence-electron chi connectivity index (χ0n) is 18.3. The zero-order chi connectivity index (χ0) is 22.8. The van der Waals surface area contributed by atoms with Crippen molar-refractivity contribution in [3.8, 4) is 0 Å². The minimum atomic E-state index is -0.474. The van der Waals surface area contributed by atoms with Gasteiger partial charge in [0, 0.05) is 24.2 Å². The fourth-order valence-electron chi connectivity index (χ4n) is 4.56. The van der Waals surface area contributed by atoms with Crippen LogP contribution < -0.4 is 15.1 Å². The molecule has 0 aromatic heterocycles. The van der Waals surface area contributed by atoms with E-state index in [1.54, 1.807) is 6.08 Å². The highest BCUT2D eigenvalue weighted by Crippen LogP contribution is 2.30. The van der Waals surface area contributed by atoms with Crippen LogP contribution in [0.3, 0.4) is 0 Å². The van der Waals surface area contributed by atoms with E-state index in [1.807, 2.05) is 54.6 Å². The molecule has 6 heteroatoms. The summed E-state index contributed by atoms with van der Waals surface area (Å²) in [4.78, 5) is 30.0. The van der Waals surface area contributed by atoms with Gasteiger partial charge in [0.05, 0.1) is 5.69 Å². The molecule has 0 saturated carbocycles. The van der Waals surface area contributed by atoms with Gasteiger partial charge in [-0.05, 0) is 60.3 Å². The van der Waals surface area contributed by atoms with Gasteiger partial charge in [-0.3, -0.25) is 19.8 Å². The monoisotopic (exact) mass is 455 g/mol. The Bertz CT molecular complexity index is 1250. The summed E-state index contributed by atoms with van der Waals surface area (Å²) < 4.78 is 0. The van der Waals surface area contributed by atoms with Gasteiger partial charge in [-0.2, -0.15) is 0 Å². The fourth-order valence-corrected chi connectivity index (χ4v) is 4.83. The number of amides is 2. The van der Waals surface area contributed by atoms with Crippen LogP contribution in [0.1, 0.15) is 31.2 Å². The summed E-state index contributed by atoms with van der Waals surface area (Å²) in [6, 6.07) is 21.6. The molecule has 33 heavy (non-hydrogen) atoms. The number of benzene rings is 3. The van der Waals surface area contributed by atoms with Gasteiger partial charge in [-0.25, -0.2) is 0 Å². The summed E-state index contributed by atoms with van der Waals surface area (Å²) in [6.07, 6.45) is 6.64. The number of hydrogen-bond donors (Lipinski definition) is 1. The smallest absolute Gasteiger partial charge is 0.270 e. The van der Waals surface area contributed by atoms with Crippen molar-refractivity contribution in [2.24, 2.45) is 0 Å². The number of rotatable bonds is 3. The Morgan fingerprint density at radius 1 is 0.818 bits per heavy atom. The summed E-state index contributed by atoms with van der Waals surface area (Å²) >= 11 is 5.38. The topological polar surface area (TPSA) is 52.7 Å². The Morgan fingerprint density at radius 2 is 1.52 bits per heavy atom. The molecule has 5 nitrogen and oxygen atoms in total. The fraction of sp³-hybridized carbons (Fsp3) is 0.222. The largest absolute Gasteiger partial charge is 0.372 e. The van der Waals surface area contributed by atoms with Gasteiger partial charge in [0.1, 0.15) is 5.57 Å². The van der Waals surface area contributed by atoms with E-state index < -0.39 is 11.8 Å². The lowest BCUT2D eigenvalue weighted by molar-refractivity contribution is -0.122. The molecular formula is C27H25N3O2S. The second-order valence-electron chi connectivity index (χ2n) is 8.45. The lowest BCUT2D eigenvalue weighted by Crippen LogP contribution is -2.54. The zero-order valence-corrected chi connectivity index (χ0v) is 19.1. The highest BCUT2D eigenvalue weighted by atomic mass is 32.1. The summed E-state index contributed by atoms with van der Waals surface area (Å²) in [7, 11) is 0. The van der Waals surface area contributed by atoms with Crippen LogP contribution in [0.25, 0.3) is 16.8 Å². The molecule has 2 heterocycles. The van der Waals surface area contributed by atoms with E-state index in [4.69, 9.17) is 12.2 Å². The van der Waals surface area contributed by atoms with Crippen molar-refractivity contribution in [3.63, 3.8) is 0 Å². The maximum atomic E-state index is 13.4. The molecule has 0 radical (unpaired) electrons.